The van der Waals surface area contributed by atoms with Gasteiger partial charge in [0.1, 0.15) is 17.0 Å². The quantitative estimate of drug-likeness (QED) is 0.515. The van der Waals surface area contributed by atoms with E-state index in [0.29, 0.717) is 27.3 Å². The van der Waals surface area contributed by atoms with Gasteiger partial charge in [-0.1, -0.05) is 35.9 Å². The van der Waals surface area contributed by atoms with Crippen molar-refractivity contribution in [1.82, 2.24) is 9.55 Å². The van der Waals surface area contributed by atoms with E-state index in [1.54, 1.807) is 54.7 Å². The zero-order valence-electron chi connectivity index (χ0n) is 16.0. The number of aromatic nitrogens is 2. The van der Waals surface area contributed by atoms with Crippen LogP contribution in [-0.2, 0) is 6.54 Å². The van der Waals surface area contributed by atoms with Crippen LogP contribution in [-0.4, -0.2) is 15.5 Å². The van der Waals surface area contributed by atoms with Crippen molar-refractivity contribution in [2.45, 2.75) is 13.5 Å². The lowest BCUT2D eigenvalue weighted by atomic mass is 10.1. The van der Waals surface area contributed by atoms with Crippen LogP contribution in [0, 0.1) is 12.7 Å². The first-order valence-electron chi connectivity index (χ1n) is 9.23. The maximum absolute atomic E-state index is 14.2. The highest BCUT2D eigenvalue weighted by Gasteiger charge is 2.18. The normalized spacial score (nSPS) is 10.9. The number of rotatable bonds is 4. The smallest absolute Gasteiger partial charge is 0.265 e. The molecule has 30 heavy (non-hydrogen) atoms. The van der Waals surface area contributed by atoms with Crippen LogP contribution in [0.5, 0.6) is 0 Å². The van der Waals surface area contributed by atoms with Crippen LogP contribution in [0.15, 0.2) is 71.7 Å². The molecule has 0 saturated carbocycles. The van der Waals surface area contributed by atoms with Gasteiger partial charge < -0.3 is 5.32 Å². The van der Waals surface area contributed by atoms with Gasteiger partial charge in [0, 0.05) is 27.9 Å². The van der Waals surface area contributed by atoms with Crippen molar-refractivity contribution in [2.24, 2.45) is 0 Å². The zero-order chi connectivity index (χ0) is 21.3. The van der Waals surface area contributed by atoms with Crippen LogP contribution in [0.2, 0.25) is 5.02 Å². The summed E-state index contributed by atoms with van der Waals surface area (Å²) in [7, 11) is 0. The maximum atomic E-state index is 14.2. The first-order chi connectivity index (χ1) is 14.4. The second-order valence-corrected chi connectivity index (χ2v) is 7.31. The fourth-order valence-electron chi connectivity index (χ4n) is 3.23. The topological polar surface area (TPSA) is 64.0 Å². The Kier molecular flexibility index (Phi) is 5.33. The van der Waals surface area contributed by atoms with Crippen LogP contribution >= 0.6 is 11.6 Å². The molecule has 2 heterocycles. The molecular weight excluding hydrogens is 405 g/mol. The number of fused-ring (bicyclic) bond motifs is 1. The fourth-order valence-corrected chi connectivity index (χ4v) is 3.40. The molecule has 0 spiro atoms. The van der Waals surface area contributed by atoms with Crippen molar-refractivity contribution in [1.29, 1.82) is 0 Å². The molecule has 0 aliphatic heterocycles. The van der Waals surface area contributed by atoms with E-state index in [4.69, 9.17) is 11.6 Å². The standard InChI is InChI=1S/C23H17ClFN3O2/c1-14-8-9-17(24)12-20(14)27-22(29)18-11-15-6-4-10-26-21(15)28(23(18)30)13-16-5-2-3-7-19(16)25/h2-12H,13H2,1H3,(H,27,29). The number of aryl methyl sites for hydroxylation is 1. The molecule has 0 saturated heterocycles. The lowest BCUT2D eigenvalue weighted by Gasteiger charge is -2.13. The van der Waals surface area contributed by atoms with E-state index in [-0.39, 0.29) is 12.1 Å². The summed E-state index contributed by atoms with van der Waals surface area (Å²) in [5.41, 5.74) is 1.41. The molecule has 0 radical (unpaired) electrons. The molecule has 1 N–H and O–H groups in total. The van der Waals surface area contributed by atoms with Crippen molar-refractivity contribution in [3.63, 3.8) is 0 Å². The first kappa shape index (κ1) is 19.8. The number of nitrogens with one attached hydrogen (secondary N) is 1. The average molecular weight is 422 g/mol. The molecule has 0 atom stereocenters. The van der Waals surface area contributed by atoms with E-state index in [2.05, 4.69) is 10.3 Å². The summed E-state index contributed by atoms with van der Waals surface area (Å²) in [4.78, 5) is 30.4. The fraction of sp³-hybridized carbons (Fsp3) is 0.0870. The predicted molar refractivity (Wildman–Crippen MR) is 116 cm³/mol. The Balaban J connectivity index is 1.82. The molecule has 4 rings (SSSR count). The van der Waals surface area contributed by atoms with Crippen LogP contribution in [0.25, 0.3) is 11.0 Å². The third-order valence-electron chi connectivity index (χ3n) is 4.83. The Morgan fingerprint density at radius 3 is 2.73 bits per heavy atom. The number of amides is 1. The van der Waals surface area contributed by atoms with Gasteiger partial charge in [-0.05, 0) is 48.9 Å². The molecular formula is C23H17ClFN3O2. The summed E-state index contributed by atoms with van der Waals surface area (Å²) in [6.45, 7) is 1.78. The van der Waals surface area contributed by atoms with Gasteiger partial charge in [0.25, 0.3) is 11.5 Å². The Bertz CT molecular complexity index is 1330. The van der Waals surface area contributed by atoms with Gasteiger partial charge in [0.2, 0.25) is 0 Å². The van der Waals surface area contributed by atoms with E-state index in [0.717, 1.165) is 5.56 Å². The van der Waals surface area contributed by atoms with E-state index < -0.39 is 17.3 Å². The summed E-state index contributed by atoms with van der Waals surface area (Å²) in [5, 5.41) is 3.81. The summed E-state index contributed by atoms with van der Waals surface area (Å²) >= 11 is 6.03. The van der Waals surface area contributed by atoms with Gasteiger partial charge in [-0.15, -0.1) is 0 Å². The van der Waals surface area contributed by atoms with Gasteiger partial charge in [-0.3, -0.25) is 14.2 Å². The number of carbonyl (C=O) groups excluding carboxylic acids is 1. The molecule has 1 amide bonds. The Hall–Kier alpha value is -3.51. The largest absolute Gasteiger partial charge is 0.322 e. The summed E-state index contributed by atoms with van der Waals surface area (Å²) in [6, 6.07) is 16.3. The lowest BCUT2D eigenvalue weighted by molar-refractivity contribution is 0.102. The highest BCUT2D eigenvalue weighted by molar-refractivity contribution is 6.31. The highest BCUT2D eigenvalue weighted by Crippen LogP contribution is 2.21. The molecule has 2 aromatic heterocycles. The van der Waals surface area contributed by atoms with Crippen LogP contribution < -0.4 is 10.9 Å². The number of nitrogens with zero attached hydrogens (tertiary/aromatic N) is 2. The summed E-state index contributed by atoms with van der Waals surface area (Å²) in [5.74, 6) is -1.00. The Morgan fingerprint density at radius 2 is 1.93 bits per heavy atom. The molecule has 4 aromatic rings. The molecule has 2 aromatic carbocycles. The number of halogens is 2. The minimum absolute atomic E-state index is 0.0453. The SMILES string of the molecule is Cc1ccc(Cl)cc1NC(=O)c1cc2cccnc2n(Cc2ccccc2F)c1=O. The minimum Gasteiger partial charge on any atom is -0.322 e. The van der Waals surface area contributed by atoms with Crippen molar-refractivity contribution < 1.29 is 9.18 Å². The second kappa shape index (κ2) is 8.08. The van der Waals surface area contributed by atoms with Crippen molar-refractivity contribution in [3.05, 3.63) is 105 Å². The van der Waals surface area contributed by atoms with Crippen LogP contribution in [0.3, 0.4) is 0 Å². The van der Waals surface area contributed by atoms with Gasteiger partial charge in [-0.2, -0.15) is 0 Å². The van der Waals surface area contributed by atoms with E-state index in [1.807, 2.05) is 6.92 Å². The zero-order valence-corrected chi connectivity index (χ0v) is 16.8. The monoisotopic (exact) mass is 421 g/mol. The predicted octanol–water partition coefficient (Wildman–Crippen LogP) is 4.80. The van der Waals surface area contributed by atoms with Gasteiger partial charge >= 0.3 is 0 Å². The van der Waals surface area contributed by atoms with Crippen LogP contribution in [0.1, 0.15) is 21.5 Å². The van der Waals surface area contributed by atoms with Crippen LogP contribution in [0.4, 0.5) is 10.1 Å². The number of hydrogen-bond acceptors (Lipinski definition) is 3. The molecule has 0 fully saturated rings. The number of benzene rings is 2. The second-order valence-electron chi connectivity index (χ2n) is 6.87. The molecule has 0 aliphatic rings. The average Bonchev–Trinajstić information content (AvgIpc) is 2.74. The number of pyridine rings is 2. The molecule has 0 aliphatic carbocycles. The molecule has 150 valence electrons. The molecule has 0 bridgehead atoms. The molecule has 0 unspecified atom stereocenters. The van der Waals surface area contributed by atoms with Crippen molar-refractivity contribution >= 4 is 34.2 Å². The van der Waals surface area contributed by atoms with Crippen molar-refractivity contribution in [2.75, 3.05) is 5.32 Å². The summed E-state index contributed by atoms with van der Waals surface area (Å²) < 4.78 is 15.5. The maximum Gasteiger partial charge on any atom is 0.265 e. The number of hydrogen-bond donors (Lipinski definition) is 1. The van der Waals surface area contributed by atoms with Gasteiger partial charge in [-0.25, -0.2) is 9.37 Å². The molecule has 5 nitrogen and oxygen atoms in total. The van der Waals surface area contributed by atoms with Gasteiger partial charge in [0.15, 0.2) is 0 Å². The van der Waals surface area contributed by atoms with E-state index >= 15 is 0 Å². The Labute approximate surface area is 176 Å². The number of carbonyl (C=O) groups is 1. The first-order valence-corrected chi connectivity index (χ1v) is 9.61. The Morgan fingerprint density at radius 1 is 1.13 bits per heavy atom. The van der Waals surface area contributed by atoms with E-state index in [9.17, 15) is 14.0 Å². The number of anilines is 1. The van der Waals surface area contributed by atoms with Gasteiger partial charge in [0.05, 0.1) is 6.54 Å². The third-order valence-corrected chi connectivity index (χ3v) is 5.06. The summed E-state index contributed by atoms with van der Waals surface area (Å²) in [6.07, 6.45) is 1.55. The van der Waals surface area contributed by atoms with E-state index in [1.165, 1.54) is 16.7 Å². The molecule has 7 heteroatoms. The highest BCUT2D eigenvalue weighted by atomic mass is 35.5. The lowest BCUT2D eigenvalue weighted by Crippen LogP contribution is -2.30. The minimum atomic E-state index is -0.571. The third kappa shape index (κ3) is 3.82. The van der Waals surface area contributed by atoms with Crippen molar-refractivity contribution in [3.8, 4) is 0 Å².